The van der Waals surface area contributed by atoms with Crippen LogP contribution < -0.4 is 15.1 Å². The quantitative estimate of drug-likeness (QED) is 0.430. The third-order valence-electron chi connectivity index (χ3n) is 6.29. The number of anilines is 4. The van der Waals surface area contributed by atoms with E-state index in [4.69, 9.17) is 19.2 Å². The first-order valence-corrected chi connectivity index (χ1v) is 11.9. The van der Waals surface area contributed by atoms with Crippen LogP contribution >= 0.6 is 0 Å². The van der Waals surface area contributed by atoms with Crippen molar-refractivity contribution in [2.45, 2.75) is 25.8 Å². The molecule has 11 heteroatoms. The molecule has 0 amide bonds. The number of H-pyrrole nitrogens is 1. The number of aromatic amines is 1. The molecule has 2 aliphatic heterocycles. The number of hydrogen-bond acceptors (Lipinski definition) is 10. The molecule has 180 valence electrons. The maximum Gasteiger partial charge on any atom is 0.229 e. The second-order valence-electron chi connectivity index (χ2n) is 8.75. The fourth-order valence-corrected chi connectivity index (χ4v) is 4.57. The molecule has 2 saturated heterocycles. The first-order valence-electron chi connectivity index (χ1n) is 11.9. The van der Waals surface area contributed by atoms with Crippen LogP contribution in [0.5, 0.6) is 0 Å². The smallest absolute Gasteiger partial charge is 0.229 e. The molecule has 1 atom stereocenters. The molecule has 0 aliphatic carbocycles. The van der Waals surface area contributed by atoms with Gasteiger partial charge in [-0.1, -0.05) is 11.2 Å². The average molecular weight is 474 g/mol. The lowest BCUT2D eigenvalue weighted by Gasteiger charge is -2.30. The van der Waals surface area contributed by atoms with Gasteiger partial charge in [-0.3, -0.25) is 10.1 Å². The highest BCUT2D eigenvalue weighted by atomic mass is 16.5. The van der Waals surface area contributed by atoms with Crippen molar-refractivity contribution in [2.24, 2.45) is 0 Å². The summed E-state index contributed by atoms with van der Waals surface area (Å²) in [5.74, 6) is 3.72. The fraction of sp³-hybridized carbons (Fsp3) is 0.375. The Morgan fingerprint density at radius 1 is 1.03 bits per heavy atom. The SMILES string of the molecule is Cc1cc(Nc2cc(N3CCOCC3)nc(N3CCCC3c3cc(-c4ccccn4)no3)n2)n[nH]1. The second-order valence-corrected chi connectivity index (χ2v) is 8.75. The normalized spacial score (nSPS) is 18.3. The molecule has 11 nitrogen and oxygen atoms in total. The molecule has 2 fully saturated rings. The first kappa shape index (κ1) is 21.5. The summed E-state index contributed by atoms with van der Waals surface area (Å²) in [6.07, 6.45) is 3.70. The summed E-state index contributed by atoms with van der Waals surface area (Å²) < 4.78 is 11.3. The molecule has 6 heterocycles. The van der Waals surface area contributed by atoms with Crippen molar-refractivity contribution >= 4 is 23.4 Å². The lowest BCUT2D eigenvalue weighted by molar-refractivity contribution is 0.122. The van der Waals surface area contributed by atoms with Crippen molar-refractivity contribution in [3.63, 3.8) is 0 Å². The molecule has 6 rings (SSSR count). The Hall–Kier alpha value is -3.99. The molecule has 0 radical (unpaired) electrons. The van der Waals surface area contributed by atoms with Crippen molar-refractivity contribution in [1.29, 1.82) is 0 Å². The number of morpholine rings is 1. The number of rotatable bonds is 6. The van der Waals surface area contributed by atoms with Crippen molar-refractivity contribution in [2.75, 3.05) is 48.0 Å². The summed E-state index contributed by atoms with van der Waals surface area (Å²) in [6, 6.07) is 11.7. The minimum Gasteiger partial charge on any atom is -0.378 e. The molecule has 35 heavy (non-hydrogen) atoms. The Morgan fingerprint density at radius 3 is 2.74 bits per heavy atom. The van der Waals surface area contributed by atoms with Crippen LogP contribution in [0, 0.1) is 6.92 Å². The maximum absolute atomic E-state index is 5.79. The van der Waals surface area contributed by atoms with E-state index in [-0.39, 0.29) is 6.04 Å². The standard InChI is InChI=1S/C24H27N9O2/c1-16-13-22(30-29-16)26-21-15-23(32-9-11-34-12-10-32)28-24(27-21)33-8-4-6-19(33)20-14-18(31-35-20)17-5-2-3-7-25-17/h2-3,5,7,13-15,19H,4,6,8-12H2,1H3,(H2,26,27,28,29,30). The molecule has 0 spiro atoms. The van der Waals surface area contributed by atoms with Crippen molar-refractivity contribution in [3.8, 4) is 11.4 Å². The summed E-state index contributed by atoms with van der Waals surface area (Å²) >= 11 is 0. The molecule has 2 N–H and O–H groups in total. The molecule has 0 aromatic carbocycles. The van der Waals surface area contributed by atoms with Crippen LogP contribution in [0.15, 0.2) is 47.1 Å². The molecule has 1 unspecified atom stereocenters. The van der Waals surface area contributed by atoms with Crippen molar-refractivity contribution in [1.82, 2.24) is 30.3 Å². The second kappa shape index (κ2) is 9.34. The Balaban J connectivity index is 1.32. The highest BCUT2D eigenvalue weighted by Crippen LogP contribution is 2.37. The van der Waals surface area contributed by atoms with Gasteiger partial charge in [-0.15, -0.1) is 0 Å². The number of aryl methyl sites for hydroxylation is 1. The number of nitrogens with one attached hydrogen (secondary N) is 2. The summed E-state index contributed by atoms with van der Waals surface area (Å²) in [6.45, 7) is 5.74. The van der Waals surface area contributed by atoms with Crippen molar-refractivity contribution < 1.29 is 9.26 Å². The van der Waals surface area contributed by atoms with Gasteiger partial charge in [0.05, 0.1) is 24.9 Å². The molecule has 0 saturated carbocycles. The van der Waals surface area contributed by atoms with Crippen LogP contribution in [-0.2, 0) is 4.74 Å². The lowest BCUT2D eigenvalue weighted by Crippen LogP contribution is -2.37. The number of pyridine rings is 1. The van der Waals surface area contributed by atoms with Gasteiger partial charge < -0.3 is 24.4 Å². The van der Waals surface area contributed by atoms with Crippen LogP contribution in [-0.4, -0.2) is 63.2 Å². The zero-order valence-electron chi connectivity index (χ0n) is 19.5. The van der Waals surface area contributed by atoms with E-state index in [1.165, 1.54) is 0 Å². The minimum atomic E-state index is 0.000351. The highest BCUT2D eigenvalue weighted by Gasteiger charge is 2.32. The van der Waals surface area contributed by atoms with E-state index in [0.717, 1.165) is 61.1 Å². The molecular formula is C24H27N9O2. The number of hydrogen-bond donors (Lipinski definition) is 2. The van der Waals surface area contributed by atoms with Crippen LogP contribution in [0.1, 0.15) is 30.3 Å². The van der Waals surface area contributed by atoms with Crippen LogP contribution in [0.4, 0.5) is 23.4 Å². The van der Waals surface area contributed by atoms with Gasteiger partial charge in [0.25, 0.3) is 0 Å². The van der Waals surface area contributed by atoms with Gasteiger partial charge in [0.2, 0.25) is 5.95 Å². The van der Waals surface area contributed by atoms with Gasteiger partial charge in [-0.2, -0.15) is 15.1 Å². The van der Waals surface area contributed by atoms with Gasteiger partial charge in [-0.05, 0) is 31.9 Å². The average Bonchev–Trinajstić information content (AvgIpc) is 3.66. The molecular weight excluding hydrogens is 446 g/mol. The van der Waals surface area contributed by atoms with E-state index < -0.39 is 0 Å². The largest absolute Gasteiger partial charge is 0.378 e. The summed E-state index contributed by atoms with van der Waals surface area (Å²) in [7, 11) is 0. The monoisotopic (exact) mass is 473 g/mol. The van der Waals surface area contributed by atoms with Crippen LogP contribution in [0.3, 0.4) is 0 Å². The predicted octanol–water partition coefficient (Wildman–Crippen LogP) is 3.48. The topological polar surface area (TPSA) is 121 Å². The fourth-order valence-electron chi connectivity index (χ4n) is 4.57. The van der Waals surface area contributed by atoms with E-state index >= 15 is 0 Å². The molecule has 4 aromatic heterocycles. The third-order valence-corrected chi connectivity index (χ3v) is 6.29. The highest BCUT2D eigenvalue weighted by molar-refractivity contribution is 5.61. The zero-order chi connectivity index (χ0) is 23.6. The number of nitrogens with zero attached hydrogens (tertiary/aromatic N) is 7. The van der Waals surface area contributed by atoms with Crippen LogP contribution in [0.2, 0.25) is 0 Å². The lowest BCUT2D eigenvalue weighted by atomic mass is 10.1. The number of ether oxygens (including phenoxy) is 1. The van der Waals surface area contributed by atoms with Crippen molar-refractivity contribution in [3.05, 3.63) is 54.0 Å². The van der Waals surface area contributed by atoms with E-state index in [1.807, 2.05) is 43.3 Å². The van der Waals surface area contributed by atoms with E-state index in [2.05, 4.69) is 35.5 Å². The molecule has 4 aromatic rings. The third kappa shape index (κ3) is 4.54. The van der Waals surface area contributed by atoms with E-state index in [0.29, 0.717) is 30.8 Å². The van der Waals surface area contributed by atoms with E-state index in [1.54, 1.807) is 6.20 Å². The van der Waals surface area contributed by atoms with E-state index in [9.17, 15) is 0 Å². The Bertz CT molecular complexity index is 1280. The van der Waals surface area contributed by atoms with Gasteiger partial charge >= 0.3 is 0 Å². The van der Waals surface area contributed by atoms with Gasteiger partial charge in [0.1, 0.15) is 17.3 Å². The Morgan fingerprint density at radius 2 is 1.94 bits per heavy atom. The minimum absolute atomic E-state index is 0.000351. The van der Waals surface area contributed by atoms with Gasteiger partial charge in [0, 0.05) is 49.7 Å². The zero-order valence-corrected chi connectivity index (χ0v) is 19.5. The van der Waals surface area contributed by atoms with Crippen LogP contribution in [0.25, 0.3) is 11.4 Å². The summed E-state index contributed by atoms with van der Waals surface area (Å²) in [4.78, 5) is 18.7. The summed E-state index contributed by atoms with van der Waals surface area (Å²) in [5, 5.41) is 14.9. The predicted molar refractivity (Wildman–Crippen MR) is 131 cm³/mol. The molecule has 0 bridgehead atoms. The maximum atomic E-state index is 5.79. The number of aromatic nitrogens is 6. The Labute approximate surface area is 202 Å². The van der Waals surface area contributed by atoms with Gasteiger partial charge in [0.15, 0.2) is 11.6 Å². The van der Waals surface area contributed by atoms with Gasteiger partial charge in [-0.25, -0.2) is 0 Å². The first-order chi connectivity index (χ1) is 17.2. The Kier molecular flexibility index (Phi) is 5.75. The summed E-state index contributed by atoms with van der Waals surface area (Å²) in [5.41, 5.74) is 2.49. The molecule has 2 aliphatic rings.